The Kier molecular flexibility index (Phi) is 9.82. The van der Waals surface area contributed by atoms with Gasteiger partial charge in [-0.1, -0.05) is 51.9 Å². The second-order valence-corrected chi connectivity index (χ2v) is 8.04. The van der Waals surface area contributed by atoms with Crippen molar-refractivity contribution < 1.29 is 62.2 Å². The third kappa shape index (κ3) is 6.34. The van der Waals surface area contributed by atoms with Crippen molar-refractivity contribution in [1.29, 1.82) is 0 Å². The molecule has 0 spiro atoms. The zero-order chi connectivity index (χ0) is 25.9. The van der Waals surface area contributed by atoms with E-state index in [-0.39, 0.29) is 6.42 Å². The summed E-state index contributed by atoms with van der Waals surface area (Å²) in [5.74, 6) is -37.1. The Morgan fingerprint density at radius 1 is 0.531 bits per heavy atom. The lowest BCUT2D eigenvalue weighted by Gasteiger charge is -2.41. The fourth-order valence-corrected chi connectivity index (χ4v) is 2.94. The minimum atomic E-state index is -7.92. The van der Waals surface area contributed by atoms with Crippen molar-refractivity contribution >= 4 is 0 Å². The van der Waals surface area contributed by atoms with Crippen molar-refractivity contribution in [3.8, 4) is 0 Å². The normalized spacial score (nSPS) is 16.9. The monoisotopic (exact) mass is 504 g/mol. The maximum absolute atomic E-state index is 13.9. The SMILES string of the molecule is CCCCCCCCCC(C)(O)CC(F)(F)C(F)(F)C(F)(F)C(F)(F)C(F)(F)C(F)(F)F. The Balaban J connectivity index is 5.49. The van der Waals surface area contributed by atoms with E-state index in [0.717, 1.165) is 25.7 Å². The molecule has 194 valence electrons. The van der Waals surface area contributed by atoms with Crippen LogP contribution in [0.3, 0.4) is 0 Å². The number of alkyl halides is 13. The van der Waals surface area contributed by atoms with Crippen LogP contribution in [-0.4, -0.2) is 46.5 Å². The maximum Gasteiger partial charge on any atom is 0.460 e. The molecule has 0 heterocycles. The van der Waals surface area contributed by atoms with Gasteiger partial charge in [0, 0.05) is 6.42 Å². The molecule has 0 aromatic heterocycles. The molecule has 1 nitrogen and oxygen atoms in total. The van der Waals surface area contributed by atoms with Gasteiger partial charge in [-0.25, -0.2) is 0 Å². The predicted octanol–water partition coefficient (Wildman–Crippen LogP) is 8.01. The molecule has 1 unspecified atom stereocenters. The molecule has 0 aromatic carbocycles. The van der Waals surface area contributed by atoms with E-state index in [1.807, 2.05) is 6.92 Å². The molecule has 0 fully saturated rings. The summed E-state index contributed by atoms with van der Waals surface area (Å²) in [6, 6.07) is 0. The predicted molar refractivity (Wildman–Crippen MR) is 88.6 cm³/mol. The van der Waals surface area contributed by atoms with E-state index in [4.69, 9.17) is 0 Å². The quantitative estimate of drug-likeness (QED) is 0.188. The van der Waals surface area contributed by atoms with Crippen molar-refractivity contribution in [2.45, 2.75) is 113 Å². The lowest BCUT2D eigenvalue weighted by Crippen LogP contribution is -2.70. The molecule has 0 aliphatic carbocycles. The van der Waals surface area contributed by atoms with Gasteiger partial charge in [0.2, 0.25) is 0 Å². The lowest BCUT2D eigenvalue weighted by atomic mass is 9.85. The smallest absolute Gasteiger partial charge is 0.390 e. The van der Waals surface area contributed by atoms with Crippen LogP contribution < -0.4 is 0 Å². The second kappa shape index (κ2) is 10.1. The first-order valence-corrected chi connectivity index (χ1v) is 9.70. The Morgan fingerprint density at radius 2 is 0.906 bits per heavy atom. The van der Waals surface area contributed by atoms with Crippen LogP contribution in [0.5, 0.6) is 0 Å². The van der Waals surface area contributed by atoms with Crippen LogP contribution in [0.25, 0.3) is 0 Å². The third-order valence-electron chi connectivity index (χ3n) is 4.92. The summed E-state index contributed by atoms with van der Waals surface area (Å²) in [5.41, 5.74) is -2.83. The fraction of sp³-hybridized carbons (Fsp3) is 1.00. The highest BCUT2D eigenvalue weighted by Crippen LogP contribution is 2.61. The minimum Gasteiger partial charge on any atom is -0.390 e. The van der Waals surface area contributed by atoms with E-state index in [1.165, 1.54) is 0 Å². The number of rotatable bonds is 14. The molecule has 0 bridgehead atoms. The largest absolute Gasteiger partial charge is 0.460 e. The van der Waals surface area contributed by atoms with E-state index in [9.17, 15) is 62.2 Å². The highest BCUT2D eigenvalue weighted by Gasteiger charge is 2.90. The highest BCUT2D eigenvalue weighted by molar-refractivity contribution is 5.11. The summed E-state index contributed by atoms with van der Waals surface area (Å²) in [7, 11) is 0. The van der Waals surface area contributed by atoms with E-state index >= 15 is 0 Å². The molecular formula is C18H25F13O. The van der Waals surface area contributed by atoms with Gasteiger partial charge in [0.1, 0.15) is 0 Å². The standard InChI is InChI=1S/C18H25F13O/c1-3-4-5-6-7-8-9-10-12(2,32)11-13(19,20)14(21,22)15(23,24)16(25,26)17(27,28)18(29,30)31/h32H,3-11H2,1-2H3. The van der Waals surface area contributed by atoms with Crippen molar-refractivity contribution in [2.24, 2.45) is 0 Å². The second-order valence-electron chi connectivity index (χ2n) is 8.04. The molecule has 0 saturated carbocycles. The van der Waals surface area contributed by atoms with Gasteiger partial charge in [0.15, 0.2) is 0 Å². The lowest BCUT2D eigenvalue weighted by molar-refractivity contribution is -0.441. The van der Waals surface area contributed by atoms with E-state index < -0.39 is 54.2 Å². The zero-order valence-electron chi connectivity index (χ0n) is 17.2. The number of hydrogen-bond acceptors (Lipinski definition) is 1. The summed E-state index contributed by atoms with van der Waals surface area (Å²) < 4.78 is 170. The van der Waals surface area contributed by atoms with Gasteiger partial charge in [-0.05, 0) is 13.3 Å². The van der Waals surface area contributed by atoms with Gasteiger partial charge in [0.25, 0.3) is 0 Å². The minimum absolute atomic E-state index is 0.0422. The Labute approximate surface area is 176 Å². The van der Waals surface area contributed by atoms with Gasteiger partial charge < -0.3 is 5.11 Å². The van der Waals surface area contributed by atoms with Crippen LogP contribution in [-0.2, 0) is 0 Å². The Hall–Kier alpha value is -0.950. The Bertz CT molecular complexity index is 582. The summed E-state index contributed by atoms with van der Waals surface area (Å²) in [6.45, 7) is 2.45. The van der Waals surface area contributed by atoms with Gasteiger partial charge in [-0.2, -0.15) is 57.1 Å². The van der Waals surface area contributed by atoms with Crippen molar-refractivity contribution in [3.63, 3.8) is 0 Å². The van der Waals surface area contributed by atoms with E-state index in [2.05, 4.69) is 0 Å². The average Bonchev–Trinajstić information content (AvgIpc) is 2.58. The van der Waals surface area contributed by atoms with Crippen LogP contribution in [0.1, 0.15) is 71.6 Å². The fourth-order valence-electron chi connectivity index (χ4n) is 2.94. The molecule has 0 aliphatic rings. The highest BCUT2D eigenvalue weighted by atomic mass is 19.4. The zero-order valence-corrected chi connectivity index (χ0v) is 17.2. The van der Waals surface area contributed by atoms with Crippen LogP contribution in [0.2, 0.25) is 0 Å². The molecule has 1 N–H and O–H groups in total. The molecule has 0 saturated heterocycles. The Morgan fingerprint density at radius 3 is 1.31 bits per heavy atom. The van der Waals surface area contributed by atoms with E-state index in [0.29, 0.717) is 19.8 Å². The first kappa shape index (κ1) is 31.0. The van der Waals surface area contributed by atoms with Gasteiger partial charge in [-0.15, -0.1) is 0 Å². The molecule has 0 aromatic rings. The maximum atomic E-state index is 13.9. The average molecular weight is 504 g/mol. The summed E-state index contributed by atoms with van der Waals surface area (Å²) in [4.78, 5) is 0. The first-order valence-electron chi connectivity index (χ1n) is 9.70. The van der Waals surface area contributed by atoms with Crippen molar-refractivity contribution in [3.05, 3.63) is 0 Å². The summed E-state index contributed by atoms with van der Waals surface area (Å²) in [5, 5.41) is 9.84. The molecule has 14 heteroatoms. The van der Waals surface area contributed by atoms with Crippen LogP contribution in [0.15, 0.2) is 0 Å². The topological polar surface area (TPSA) is 20.2 Å². The van der Waals surface area contributed by atoms with Gasteiger partial charge in [0.05, 0.1) is 5.60 Å². The number of halogens is 13. The van der Waals surface area contributed by atoms with Gasteiger partial charge in [-0.3, -0.25) is 0 Å². The van der Waals surface area contributed by atoms with Crippen LogP contribution in [0, 0.1) is 0 Å². The van der Waals surface area contributed by atoms with E-state index in [1.54, 1.807) is 0 Å². The number of aliphatic hydroxyl groups is 1. The number of unbranched alkanes of at least 4 members (excludes halogenated alkanes) is 6. The third-order valence-corrected chi connectivity index (χ3v) is 4.92. The van der Waals surface area contributed by atoms with Crippen LogP contribution in [0.4, 0.5) is 57.1 Å². The molecule has 0 radical (unpaired) electrons. The molecule has 0 aliphatic heterocycles. The first-order chi connectivity index (χ1) is 14.0. The molecule has 0 rings (SSSR count). The van der Waals surface area contributed by atoms with Crippen LogP contribution >= 0.6 is 0 Å². The number of hydrogen-bond donors (Lipinski definition) is 1. The van der Waals surface area contributed by atoms with Gasteiger partial charge >= 0.3 is 35.8 Å². The van der Waals surface area contributed by atoms with Crippen molar-refractivity contribution in [1.82, 2.24) is 0 Å². The molecule has 32 heavy (non-hydrogen) atoms. The molecule has 1 atom stereocenters. The molecule has 0 amide bonds. The molecular weight excluding hydrogens is 479 g/mol. The van der Waals surface area contributed by atoms with Crippen molar-refractivity contribution in [2.75, 3.05) is 0 Å². The summed E-state index contributed by atoms with van der Waals surface area (Å²) in [6.07, 6.45) is -6.39. The summed E-state index contributed by atoms with van der Waals surface area (Å²) >= 11 is 0.